The first-order valence-electron chi connectivity index (χ1n) is 5.56. The Hall–Kier alpha value is -2.05. The molecule has 1 aromatic heterocycles. The first-order chi connectivity index (χ1) is 8.31. The second-order valence-electron chi connectivity index (χ2n) is 3.84. The number of pyridine rings is 1. The summed E-state index contributed by atoms with van der Waals surface area (Å²) in [5.74, 6) is 2.55. The highest BCUT2D eigenvalue weighted by atomic mass is 16.1. The lowest BCUT2D eigenvalue weighted by Crippen LogP contribution is -2.21. The molecule has 17 heavy (non-hydrogen) atoms. The second-order valence-corrected chi connectivity index (χ2v) is 3.84. The molecule has 0 saturated heterocycles. The zero-order valence-corrected chi connectivity index (χ0v) is 9.49. The van der Waals surface area contributed by atoms with E-state index in [4.69, 9.17) is 6.42 Å². The zero-order chi connectivity index (χ0) is 12.1. The Labute approximate surface area is 99.9 Å². The van der Waals surface area contributed by atoms with Gasteiger partial charge in [0.1, 0.15) is 0 Å². The average Bonchev–Trinajstić information content (AvgIpc) is 2.35. The van der Waals surface area contributed by atoms with Gasteiger partial charge in [-0.25, -0.2) is 0 Å². The lowest BCUT2D eigenvalue weighted by atomic mass is 10.1. The molecule has 2 N–H and O–H groups in total. The normalized spacial score (nSPS) is 10.3. The van der Waals surface area contributed by atoms with Gasteiger partial charge in [0.05, 0.1) is 0 Å². The van der Waals surface area contributed by atoms with Crippen molar-refractivity contribution in [3.8, 4) is 12.3 Å². The van der Waals surface area contributed by atoms with E-state index in [9.17, 15) is 4.79 Å². The van der Waals surface area contributed by atoms with Crippen LogP contribution in [0.3, 0.4) is 0 Å². The van der Waals surface area contributed by atoms with E-state index in [1.807, 2.05) is 30.3 Å². The van der Waals surface area contributed by atoms with Crippen LogP contribution in [0.25, 0.3) is 10.9 Å². The summed E-state index contributed by atoms with van der Waals surface area (Å²) in [7, 11) is 0. The molecule has 2 rings (SSSR count). The van der Waals surface area contributed by atoms with Gasteiger partial charge in [-0.05, 0) is 17.5 Å². The van der Waals surface area contributed by atoms with E-state index >= 15 is 0 Å². The molecule has 0 saturated carbocycles. The van der Waals surface area contributed by atoms with Crippen LogP contribution >= 0.6 is 0 Å². The van der Waals surface area contributed by atoms with E-state index in [-0.39, 0.29) is 5.56 Å². The number of para-hydroxylation sites is 1. The van der Waals surface area contributed by atoms with Crippen molar-refractivity contribution in [1.29, 1.82) is 0 Å². The lowest BCUT2D eigenvalue weighted by molar-refractivity contribution is 0.696. The molecule has 3 nitrogen and oxygen atoms in total. The van der Waals surface area contributed by atoms with Crippen molar-refractivity contribution in [3.63, 3.8) is 0 Å². The van der Waals surface area contributed by atoms with Crippen molar-refractivity contribution >= 4 is 10.9 Å². The second kappa shape index (κ2) is 5.33. The minimum Gasteiger partial charge on any atom is -0.322 e. The Morgan fingerprint density at radius 1 is 1.35 bits per heavy atom. The highest BCUT2D eigenvalue weighted by Crippen LogP contribution is 2.09. The van der Waals surface area contributed by atoms with Crippen LogP contribution in [0, 0.1) is 12.3 Å². The van der Waals surface area contributed by atoms with Crippen LogP contribution in [0.1, 0.15) is 12.0 Å². The zero-order valence-electron chi connectivity index (χ0n) is 9.49. The molecule has 1 aromatic carbocycles. The topological polar surface area (TPSA) is 44.9 Å². The third-order valence-electron chi connectivity index (χ3n) is 2.59. The van der Waals surface area contributed by atoms with Crippen LogP contribution in [0.4, 0.5) is 0 Å². The summed E-state index contributed by atoms with van der Waals surface area (Å²) in [6.07, 6.45) is 5.83. The van der Waals surface area contributed by atoms with Crippen LogP contribution in [-0.4, -0.2) is 11.5 Å². The maximum Gasteiger partial charge on any atom is 0.252 e. The number of hydrogen-bond donors (Lipinski definition) is 2. The third-order valence-corrected chi connectivity index (χ3v) is 2.59. The number of aromatic nitrogens is 1. The van der Waals surface area contributed by atoms with Gasteiger partial charge in [-0.15, -0.1) is 12.3 Å². The molecule has 2 aromatic rings. The first-order valence-corrected chi connectivity index (χ1v) is 5.56. The molecular weight excluding hydrogens is 212 g/mol. The van der Waals surface area contributed by atoms with Crippen LogP contribution in [0.2, 0.25) is 0 Å². The van der Waals surface area contributed by atoms with Gasteiger partial charge in [0.2, 0.25) is 0 Å². The van der Waals surface area contributed by atoms with E-state index in [2.05, 4.69) is 16.2 Å². The van der Waals surface area contributed by atoms with Gasteiger partial charge in [0.25, 0.3) is 5.56 Å². The van der Waals surface area contributed by atoms with E-state index in [1.165, 1.54) is 0 Å². The minimum atomic E-state index is -0.0445. The molecule has 0 fully saturated rings. The Kier molecular flexibility index (Phi) is 3.59. The van der Waals surface area contributed by atoms with Gasteiger partial charge in [-0.3, -0.25) is 4.79 Å². The van der Waals surface area contributed by atoms with Crippen LogP contribution in [0.15, 0.2) is 35.1 Å². The Morgan fingerprint density at radius 3 is 3.00 bits per heavy atom. The number of nitrogens with one attached hydrogen (secondary N) is 2. The van der Waals surface area contributed by atoms with Crippen molar-refractivity contribution in [2.45, 2.75) is 13.0 Å². The largest absolute Gasteiger partial charge is 0.322 e. The molecule has 0 spiro atoms. The van der Waals surface area contributed by atoms with Crippen molar-refractivity contribution in [3.05, 3.63) is 46.2 Å². The van der Waals surface area contributed by atoms with Gasteiger partial charge < -0.3 is 10.3 Å². The summed E-state index contributed by atoms with van der Waals surface area (Å²) in [5, 5.41) is 4.19. The van der Waals surface area contributed by atoms with Crippen molar-refractivity contribution in [2.75, 3.05) is 6.54 Å². The molecule has 3 heteroatoms. The average molecular weight is 226 g/mol. The van der Waals surface area contributed by atoms with Gasteiger partial charge in [-0.2, -0.15) is 0 Å². The number of aromatic amines is 1. The molecule has 0 aliphatic rings. The Bertz CT molecular complexity index is 607. The molecule has 0 unspecified atom stereocenters. The fourth-order valence-electron chi connectivity index (χ4n) is 1.71. The highest BCUT2D eigenvalue weighted by molar-refractivity contribution is 5.78. The number of fused-ring (bicyclic) bond motifs is 1. The van der Waals surface area contributed by atoms with Crippen LogP contribution in [0.5, 0.6) is 0 Å². The summed E-state index contributed by atoms with van der Waals surface area (Å²) >= 11 is 0. The predicted molar refractivity (Wildman–Crippen MR) is 69.7 cm³/mol. The molecule has 86 valence electrons. The molecular formula is C14H14N2O. The SMILES string of the molecule is C#CCCNCc1cc2ccccc2[nH]c1=O. The molecule has 0 bridgehead atoms. The number of hydrogen-bond acceptors (Lipinski definition) is 2. The number of H-pyrrole nitrogens is 1. The molecule has 0 atom stereocenters. The summed E-state index contributed by atoms with van der Waals surface area (Å²) in [5.41, 5.74) is 1.56. The fourth-order valence-corrected chi connectivity index (χ4v) is 1.71. The van der Waals surface area contributed by atoms with Crippen molar-refractivity contribution in [1.82, 2.24) is 10.3 Å². The molecule has 0 aliphatic heterocycles. The third kappa shape index (κ3) is 2.74. The fraction of sp³-hybridized carbons (Fsp3) is 0.214. The van der Waals surface area contributed by atoms with E-state index in [1.54, 1.807) is 0 Å². The van der Waals surface area contributed by atoms with E-state index in [0.717, 1.165) is 23.0 Å². The molecule has 0 amide bonds. The van der Waals surface area contributed by atoms with Gasteiger partial charge in [0, 0.05) is 30.6 Å². The molecule has 1 heterocycles. The van der Waals surface area contributed by atoms with Gasteiger partial charge in [0.15, 0.2) is 0 Å². The lowest BCUT2D eigenvalue weighted by Gasteiger charge is -2.04. The maximum atomic E-state index is 11.8. The number of rotatable bonds is 4. The van der Waals surface area contributed by atoms with Crippen molar-refractivity contribution < 1.29 is 0 Å². The summed E-state index contributed by atoms with van der Waals surface area (Å²) in [6.45, 7) is 1.27. The highest BCUT2D eigenvalue weighted by Gasteiger charge is 2.01. The quantitative estimate of drug-likeness (QED) is 0.615. The van der Waals surface area contributed by atoms with E-state index < -0.39 is 0 Å². The summed E-state index contributed by atoms with van der Waals surface area (Å²) in [4.78, 5) is 14.6. The van der Waals surface area contributed by atoms with Crippen LogP contribution < -0.4 is 10.9 Å². The Morgan fingerprint density at radius 2 is 2.18 bits per heavy atom. The molecule has 0 aliphatic carbocycles. The monoisotopic (exact) mass is 226 g/mol. The summed E-state index contributed by atoms with van der Waals surface area (Å²) in [6, 6.07) is 9.65. The van der Waals surface area contributed by atoms with Crippen molar-refractivity contribution in [2.24, 2.45) is 0 Å². The summed E-state index contributed by atoms with van der Waals surface area (Å²) < 4.78 is 0. The smallest absolute Gasteiger partial charge is 0.252 e. The van der Waals surface area contributed by atoms with Gasteiger partial charge >= 0.3 is 0 Å². The van der Waals surface area contributed by atoms with Gasteiger partial charge in [-0.1, -0.05) is 18.2 Å². The number of benzene rings is 1. The van der Waals surface area contributed by atoms with E-state index in [0.29, 0.717) is 13.0 Å². The minimum absolute atomic E-state index is 0.0445. The predicted octanol–water partition coefficient (Wildman–Crippen LogP) is 1.64. The van der Waals surface area contributed by atoms with Crippen LogP contribution in [-0.2, 0) is 6.54 Å². The standard InChI is InChI=1S/C14H14N2O/c1-2-3-8-15-10-12-9-11-6-4-5-7-13(11)16-14(12)17/h1,4-7,9,15H,3,8,10H2,(H,16,17). The first kappa shape index (κ1) is 11.4. The Balaban J connectivity index is 2.20. The molecule has 0 radical (unpaired) electrons. The maximum absolute atomic E-state index is 11.8. The number of terminal acetylenes is 1.